The first-order chi connectivity index (χ1) is 4.50. The van der Waals surface area contributed by atoms with Crippen LogP contribution < -0.4 is 6.15 Å². The second-order valence-corrected chi connectivity index (χ2v) is 1.10. The molecule has 0 aromatic carbocycles. The van der Waals surface area contributed by atoms with Crippen molar-refractivity contribution in [1.82, 2.24) is 6.15 Å². The molecule has 0 bridgehead atoms. The van der Waals surface area contributed by atoms with Gasteiger partial charge < -0.3 is 21.6 Å². The number of carbonyl (C=O) groups is 2. The minimum Gasteiger partial charge on any atom is -0.481 e. The quantitative estimate of drug-likeness (QED) is 0.209. The summed E-state index contributed by atoms with van der Waals surface area (Å²) in [5, 5.41) is 24.7. The van der Waals surface area contributed by atoms with Crippen molar-refractivity contribution < 1.29 is 42.1 Å². The van der Waals surface area contributed by atoms with Crippen molar-refractivity contribution >= 4 is 18.2 Å². The van der Waals surface area contributed by atoms with Crippen LogP contribution in [0.25, 0.3) is 0 Å². The van der Waals surface area contributed by atoms with Crippen molar-refractivity contribution in [3.8, 4) is 0 Å². The van der Waals surface area contributed by atoms with Crippen LogP contribution in [0.1, 0.15) is 6.92 Å². The summed E-state index contributed by atoms with van der Waals surface area (Å²) in [6, 6.07) is 0. The second-order valence-electron chi connectivity index (χ2n) is 1.10. The molecular weight excluding hydrogens is 212 g/mol. The Bertz CT molecular complexity index is 144. The molecule has 0 saturated heterocycles. The maximum Gasteiger partial charge on any atom is 0.350 e. The normalized spacial score (nSPS) is 6.75. The van der Waals surface area contributed by atoms with E-state index in [-0.39, 0.29) is 23.2 Å². The number of hydrogen-bond acceptors (Lipinski definition) is 5. The molecule has 0 aromatic heterocycles. The van der Waals surface area contributed by atoms with Crippen molar-refractivity contribution in [2.24, 2.45) is 5.16 Å². The first-order valence-electron chi connectivity index (χ1n) is 2.10. The van der Waals surface area contributed by atoms with Gasteiger partial charge in [0.2, 0.25) is 0 Å². The van der Waals surface area contributed by atoms with Gasteiger partial charge in [0.1, 0.15) is 0 Å². The van der Waals surface area contributed by atoms with Crippen LogP contribution in [0.4, 0.5) is 0 Å². The van der Waals surface area contributed by atoms with E-state index >= 15 is 0 Å². The van der Waals surface area contributed by atoms with Gasteiger partial charge in [0, 0.05) is 24.0 Å². The van der Waals surface area contributed by atoms with E-state index in [1.807, 2.05) is 0 Å². The molecule has 7 nitrogen and oxygen atoms in total. The van der Waals surface area contributed by atoms with Gasteiger partial charge in [-0.3, -0.25) is 4.79 Å². The Hall–Kier alpha value is -1.11. The van der Waals surface area contributed by atoms with E-state index in [1.165, 1.54) is 0 Å². The van der Waals surface area contributed by atoms with Gasteiger partial charge in [-0.05, 0) is 0 Å². The van der Waals surface area contributed by atoms with E-state index in [4.69, 9.17) is 20.2 Å². The third-order valence-electron chi connectivity index (χ3n) is 0.168. The second kappa shape index (κ2) is 16.5. The van der Waals surface area contributed by atoms with Crippen LogP contribution >= 0.6 is 0 Å². The zero-order valence-corrected chi connectivity index (χ0v) is 7.35. The fourth-order valence-corrected chi connectivity index (χ4v) is 0.0494. The van der Waals surface area contributed by atoms with E-state index in [0.29, 0.717) is 6.21 Å². The zero-order chi connectivity index (χ0) is 8.57. The number of nitrogens with zero attached hydrogens (tertiary/aromatic N) is 1. The van der Waals surface area contributed by atoms with Crippen LogP contribution in [0.5, 0.6) is 0 Å². The van der Waals surface area contributed by atoms with Crippen molar-refractivity contribution in [2.75, 3.05) is 0 Å². The molecular formula is C4H10FeN2O5. The monoisotopic (exact) mass is 222 g/mol. The number of oxime groups is 1. The van der Waals surface area contributed by atoms with E-state index in [0.717, 1.165) is 6.92 Å². The third-order valence-corrected chi connectivity index (χ3v) is 0.168. The van der Waals surface area contributed by atoms with Crippen molar-refractivity contribution in [1.29, 1.82) is 0 Å². The predicted octanol–water partition coefficient (Wildman–Crippen LogP) is -0.219. The average molecular weight is 222 g/mol. The summed E-state index contributed by atoms with van der Waals surface area (Å²) in [4.78, 5) is 18.3. The smallest absolute Gasteiger partial charge is 0.350 e. The molecule has 0 radical (unpaired) electrons. The number of carboxylic acids is 2. The molecule has 0 aromatic rings. The molecule has 12 heavy (non-hydrogen) atoms. The first-order valence-corrected chi connectivity index (χ1v) is 2.10. The largest absolute Gasteiger partial charge is 0.481 e. The van der Waals surface area contributed by atoms with Gasteiger partial charge in [-0.25, -0.2) is 4.79 Å². The van der Waals surface area contributed by atoms with Gasteiger partial charge in [0.15, 0.2) is 6.21 Å². The average Bonchev–Trinajstić information content (AvgIpc) is 1.62. The van der Waals surface area contributed by atoms with Crippen LogP contribution in [-0.4, -0.2) is 33.6 Å². The van der Waals surface area contributed by atoms with Gasteiger partial charge in [0.25, 0.3) is 5.97 Å². The number of hydrogen-bond donors (Lipinski definition) is 4. The topological polar surface area (TPSA) is 142 Å². The molecule has 8 heteroatoms. The molecule has 6 N–H and O–H groups in total. The van der Waals surface area contributed by atoms with Gasteiger partial charge in [-0.15, -0.1) is 0 Å². The summed E-state index contributed by atoms with van der Waals surface area (Å²) in [6.45, 7) is 1.08. The van der Waals surface area contributed by atoms with Crippen molar-refractivity contribution in [3.05, 3.63) is 0 Å². The maximum absolute atomic E-state index is 9.29. The van der Waals surface area contributed by atoms with E-state index in [2.05, 4.69) is 5.16 Å². The van der Waals surface area contributed by atoms with Crippen LogP contribution in [0.15, 0.2) is 5.16 Å². The molecule has 0 heterocycles. The van der Waals surface area contributed by atoms with Crippen LogP contribution in [0.2, 0.25) is 0 Å². The molecule has 0 atom stereocenters. The molecule has 74 valence electrons. The molecule has 0 fully saturated rings. The summed E-state index contributed by atoms with van der Waals surface area (Å²) in [7, 11) is 0. The summed E-state index contributed by atoms with van der Waals surface area (Å²) in [5.74, 6) is -2.09. The standard InChI is InChI=1S/C2H3NO3.C2H4O2.Fe.H3N/c4-2(5)1-3-6;1-2(3)4;;/h1,6H,(H,4,5);1H3,(H,3,4);;1H3. The number of rotatable bonds is 1. The molecule has 0 saturated carbocycles. The van der Waals surface area contributed by atoms with E-state index < -0.39 is 11.9 Å². The summed E-state index contributed by atoms with van der Waals surface area (Å²) in [5.41, 5.74) is 0. The Morgan fingerprint density at radius 3 is 1.58 bits per heavy atom. The van der Waals surface area contributed by atoms with Gasteiger partial charge in [0.05, 0.1) is 0 Å². The third kappa shape index (κ3) is 155. The predicted molar refractivity (Wildman–Crippen MR) is 36.2 cm³/mol. The minimum absolute atomic E-state index is 0. The minimum atomic E-state index is -1.25. The van der Waals surface area contributed by atoms with Crippen LogP contribution in [0, 0.1) is 0 Å². The Labute approximate surface area is 79.1 Å². The zero-order valence-electron chi connectivity index (χ0n) is 6.24. The molecule has 0 rings (SSSR count). The SMILES string of the molecule is CC(=O)O.N.O=C(O)C=NO.[Fe]. The summed E-state index contributed by atoms with van der Waals surface area (Å²) < 4.78 is 0. The van der Waals surface area contributed by atoms with Crippen molar-refractivity contribution in [2.45, 2.75) is 6.92 Å². The molecule has 0 spiro atoms. The van der Waals surface area contributed by atoms with Gasteiger partial charge in [-0.1, -0.05) is 5.16 Å². The van der Waals surface area contributed by atoms with Crippen LogP contribution in [-0.2, 0) is 26.7 Å². The number of aliphatic carboxylic acids is 2. The fraction of sp³-hybridized carbons (Fsp3) is 0.250. The maximum atomic E-state index is 9.29. The molecule has 0 aliphatic heterocycles. The summed E-state index contributed by atoms with van der Waals surface area (Å²) >= 11 is 0. The van der Waals surface area contributed by atoms with E-state index in [1.54, 1.807) is 0 Å². The summed E-state index contributed by atoms with van der Waals surface area (Å²) in [6.07, 6.45) is 0.389. The fourth-order valence-electron chi connectivity index (χ4n) is 0.0494. The molecule has 0 aliphatic rings. The van der Waals surface area contributed by atoms with Crippen LogP contribution in [0.3, 0.4) is 0 Å². The molecule has 0 aliphatic carbocycles. The molecule has 0 amide bonds. The Morgan fingerprint density at radius 1 is 1.33 bits per heavy atom. The van der Waals surface area contributed by atoms with E-state index in [9.17, 15) is 4.79 Å². The van der Waals surface area contributed by atoms with Gasteiger partial charge >= 0.3 is 5.97 Å². The Kier molecular flexibility index (Phi) is 30.8. The first kappa shape index (κ1) is 22.4. The Morgan fingerprint density at radius 2 is 1.58 bits per heavy atom. The van der Waals surface area contributed by atoms with Gasteiger partial charge in [-0.2, -0.15) is 0 Å². The van der Waals surface area contributed by atoms with Crippen molar-refractivity contribution in [3.63, 3.8) is 0 Å². The Balaban J connectivity index is -0.0000000483. The number of carboxylic acid groups (broad SMARTS) is 2. The molecule has 0 unspecified atom stereocenters.